The Morgan fingerprint density at radius 3 is 2.86 bits per heavy atom. The number of rotatable bonds is 4. The molecule has 2 heterocycles. The summed E-state index contributed by atoms with van der Waals surface area (Å²) in [6.45, 7) is 3.86. The van der Waals surface area contributed by atoms with Crippen molar-refractivity contribution in [3.8, 4) is 5.75 Å². The molecule has 5 heteroatoms. The van der Waals surface area contributed by atoms with Gasteiger partial charge in [-0.2, -0.15) is 0 Å². The Hall–Kier alpha value is -1.29. The molecule has 0 bridgehead atoms. The van der Waals surface area contributed by atoms with Gasteiger partial charge in [-0.15, -0.1) is 0 Å². The lowest BCUT2D eigenvalue weighted by Gasteiger charge is -2.26. The quantitative estimate of drug-likeness (QED) is 0.896. The van der Waals surface area contributed by atoms with E-state index in [2.05, 4.69) is 10.3 Å². The van der Waals surface area contributed by atoms with Gasteiger partial charge in [0.15, 0.2) is 5.75 Å². The average molecular weight is 337 g/mol. The van der Waals surface area contributed by atoms with Crippen molar-refractivity contribution in [1.82, 2.24) is 10.3 Å². The molecule has 1 aromatic carbocycles. The Morgan fingerprint density at radius 1 is 1.32 bits per heavy atom. The third-order valence-corrected chi connectivity index (χ3v) is 4.79. The van der Waals surface area contributed by atoms with E-state index in [0.717, 1.165) is 30.6 Å². The van der Waals surface area contributed by atoms with E-state index in [4.69, 9.17) is 27.9 Å². The number of aromatic nitrogens is 1. The molecule has 1 aliphatic heterocycles. The molecule has 116 valence electrons. The van der Waals surface area contributed by atoms with Crippen molar-refractivity contribution in [2.45, 2.75) is 19.4 Å². The topological polar surface area (TPSA) is 34.1 Å². The molecule has 0 unspecified atom stereocenters. The van der Waals surface area contributed by atoms with Crippen LogP contribution in [0.4, 0.5) is 0 Å². The molecular weight excluding hydrogens is 319 g/mol. The first-order chi connectivity index (χ1) is 10.7. The predicted octanol–water partition coefficient (Wildman–Crippen LogP) is 4.43. The van der Waals surface area contributed by atoms with Crippen LogP contribution in [0.3, 0.4) is 0 Å². The van der Waals surface area contributed by atoms with Crippen LogP contribution >= 0.6 is 23.2 Å². The van der Waals surface area contributed by atoms with Crippen molar-refractivity contribution in [2.24, 2.45) is 5.92 Å². The standard InChI is InChI=1S/C17H18Cl2N2O/c1-11-4-5-14(18)17(15(11)19)22-16(13-6-8-21-10-13)12-3-2-7-20-9-12/h2-5,7,9,13,16,21H,6,8,10H2,1H3/t13-,16-/m1/s1. The maximum absolute atomic E-state index is 6.40. The van der Waals surface area contributed by atoms with Gasteiger partial charge in [-0.05, 0) is 37.6 Å². The fourth-order valence-electron chi connectivity index (χ4n) is 2.78. The van der Waals surface area contributed by atoms with E-state index < -0.39 is 0 Å². The zero-order valence-electron chi connectivity index (χ0n) is 12.4. The number of pyridine rings is 1. The Morgan fingerprint density at radius 2 is 2.18 bits per heavy atom. The summed E-state index contributed by atoms with van der Waals surface area (Å²) in [6.07, 6.45) is 4.56. The van der Waals surface area contributed by atoms with Crippen LogP contribution in [0.5, 0.6) is 5.75 Å². The Kier molecular flexibility index (Phi) is 4.87. The van der Waals surface area contributed by atoms with E-state index in [9.17, 15) is 0 Å². The number of halogens is 2. The SMILES string of the molecule is Cc1ccc(Cl)c(O[C@H](c2cccnc2)[C@@H]2CCNC2)c1Cl. The summed E-state index contributed by atoms with van der Waals surface area (Å²) in [4.78, 5) is 4.21. The van der Waals surface area contributed by atoms with Crippen LogP contribution < -0.4 is 10.1 Å². The van der Waals surface area contributed by atoms with Gasteiger partial charge in [-0.1, -0.05) is 35.3 Å². The van der Waals surface area contributed by atoms with Gasteiger partial charge in [0, 0.05) is 30.4 Å². The van der Waals surface area contributed by atoms with Crippen molar-refractivity contribution in [1.29, 1.82) is 0 Å². The summed E-state index contributed by atoms with van der Waals surface area (Å²) >= 11 is 12.7. The zero-order chi connectivity index (χ0) is 15.5. The first kappa shape index (κ1) is 15.6. The predicted molar refractivity (Wildman–Crippen MR) is 89.8 cm³/mol. The highest BCUT2D eigenvalue weighted by molar-refractivity contribution is 6.37. The summed E-state index contributed by atoms with van der Waals surface area (Å²) in [7, 11) is 0. The number of nitrogens with one attached hydrogen (secondary N) is 1. The minimum Gasteiger partial charge on any atom is -0.482 e. The highest BCUT2D eigenvalue weighted by atomic mass is 35.5. The number of nitrogens with zero attached hydrogens (tertiary/aromatic N) is 1. The number of hydrogen-bond donors (Lipinski definition) is 1. The first-order valence-electron chi connectivity index (χ1n) is 7.38. The molecule has 0 aliphatic carbocycles. The van der Waals surface area contributed by atoms with Crippen LogP contribution in [-0.4, -0.2) is 18.1 Å². The van der Waals surface area contributed by atoms with E-state index in [1.165, 1.54) is 0 Å². The highest BCUT2D eigenvalue weighted by Crippen LogP contribution is 2.40. The number of hydrogen-bond acceptors (Lipinski definition) is 3. The molecule has 2 aromatic rings. The van der Waals surface area contributed by atoms with Gasteiger partial charge in [0.2, 0.25) is 0 Å². The van der Waals surface area contributed by atoms with Crippen LogP contribution in [0, 0.1) is 12.8 Å². The van der Waals surface area contributed by atoms with Gasteiger partial charge in [-0.25, -0.2) is 0 Å². The lowest BCUT2D eigenvalue weighted by Crippen LogP contribution is -2.21. The summed E-state index contributed by atoms with van der Waals surface area (Å²) in [5.41, 5.74) is 2.00. The van der Waals surface area contributed by atoms with Crippen LogP contribution in [0.1, 0.15) is 23.7 Å². The third kappa shape index (κ3) is 3.22. The normalized spacial score (nSPS) is 19.1. The molecule has 2 atom stereocenters. The van der Waals surface area contributed by atoms with Gasteiger partial charge in [0.1, 0.15) is 6.10 Å². The molecule has 22 heavy (non-hydrogen) atoms. The molecule has 3 rings (SSSR count). The Balaban J connectivity index is 1.95. The highest BCUT2D eigenvalue weighted by Gasteiger charge is 2.29. The van der Waals surface area contributed by atoms with Crippen molar-refractivity contribution >= 4 is 23.2 Å². The second-order valence-electron chi connectivity index (χ2n) is 5.59. The molecule has 0 radical (unpaired) electrons. The van der Waals surface area contributed by atoms with E-state index in [-0.39, 0.29) is 6.10 Å². The van der Waals surface area contributed by atoms with Crippen molar-refractivity contribution in [3.05, 3.63) is 57.8 Å². The zero-order valence-corrected chi connectivity index (χ0v) is 13.9. The molecule has 0 amide bonds. The van der Waals surface area contributed by atoms with Crippen LogP contribution in [0.25, 0.3) is 0 Å². The maximum atomic E-state index is 6.40. The summed E-state index contributed by atoms with van der Waals surface area (Å²) < 4.78 is 6.28. The molecule has 1 saturated heterocycles. The molecule has 3 nitrogen and oxygen atoms in total. The summed E-state index contributed by atoms with van der Waals surface area (Å²) in [5, 5.41) is 4.50. The van der Waals surface area contributed by atoms with Crippen molar-refractivity contribution in [3.63, 3.8) is 0 Å². The first-order valence-corrected chi connectivity index (χ1v) is 8.14. The molecular formula is C17H18Cl2N2O. The van der Waals surface area contributed by atoms with Gasteiger partial charge in [0.05, 0.1) is 10.0 Å². The number of ether oxygens (including phenoxy) is 1. The number of aryl methyl sites for hydroxylation is 1. The van der Waals surface area contributed by atoms with Crippen LogP contribution in [0.15, 0.2) is 36.7 Å². The largest absolute Gasteiger partial charge is 0.482 e. The third-order valence-electron chi connectivity index (χ3n) is 4.03. The van der Waals surface area contributed by atoms with Gasteiger partial charge >= 0.3 is 0 Å². The fraction of sp³-hybridized carbons (Fsp3) is 0.353. The summed E-state index contributed by atoms with van der Waals surface area (Å²) in [6, 6.07) is 7.68. The average Bonchev–Trinajstić information content (AvgIpc) is 3.06. The minimum absolute atomic E-state index is 0.111. The van der Waals surface area contributed by atoms with Crippen molar-refractivity contribution in [2.75, 3.05) is 13.1 Å². The molecule has 0 spiro atoms. The van der Waals surface area contributed by atoms with Gasteiger partial charge in [0.25, 0.3) is 0 Å². The second kappa shape index (κ2) is 6.86. The van der Waals surface area contributed by atoms with Gasteiger partial charge < -0.3 is 10.1 Å². The molecule has 0 saturated carbocycles. The van der Waals surface area contributed by atoms with E-state index in [0.29, 0.717) is 21.7 Å². The van der Waals surface area contributed by atoms with Gasteiger partial charge in [-0.3, -0.25) is 4.98 Å². The lowest BCUT2D eigenvalue weighted by molar-refractivity contribution is 0.144. The molecule has 1 aromatic heterocycles. The monoisotopic (exact) mass is 336 g/mol. The number of benzene rings is 1. The Bertz CT molecular complexity index is 643. The molecule has 1 N–H and O–H groups in total. The second-order valence-corrected chi connectivity index (χ2v) is 6.37. The smallest absolute Gasteiger partial charge is 0.157 e. The van der Waals surface area contributed by atoms with E-state index in [1.54, 1.807) is 6.20 Å². The van der Waals surface area contributed by atoms with Crippen LogP contribution in [0.2, 0.25) is 10.0 Å². The molecule has 1 aliphatic rings. The summed E-state index contributed by atoms with van der Waals surface area (Å²) in [5.74, 6) is 0.931. The van der Waals surface area contributed by atoms with E-state index >= 15 is 0 Å². The fourth-order valence-corrected chi connectivity index (χ4v) is 3.24. The van der Waals surface area contributed by atoms with Crippen LogP contribution in [-0.2, 0) is 0 Å². The maximum Gasteiger partial charge on any atom is 0.157 e. The van der Waals surface area contributed by atoms with E-state index in [1.807, 2.05) is 37.4 Å². The Labute approximate surface area is 140 Å². The lowest BCUT2D eigenvalue weighted by atomic mass is 9.96. The van der Waals surface area contributed by atoms with Crippen molar-refractivity contribution < 1.29 is 4.74 Å². The minimum atomic E-state index is -0.111. The molecule has 1 fully saturated rings.